The van der Waals surface area contributed by atoms with Crippen molar-refractivity contribution in [2.45, 2.75) is 39.5 Å². The number of fused-ring (bicyclic) bond motifs is 1. The molecule has 0 heterocycles. The monoisotopic (exact) mass is 240 g/mol. The minimum atomic E-state index is -0.0526. The number of hydrogen-bond donors (Lipinski definition) is 0. The molecule has 18 heavy (non-hydrogen) atoms. The van der Waals surface area contributed by atoms with E-state index in [-0.39, 0.29) is 16.2 Å². The van der Waals surface area contributed by atoms with Gasteiger partial charge in [-0.15, -0.1) is 0 Å². The zero-order valence-corrected chi connectivity index (χ0v) is 11.4. The van der Waals surface area contributed by atoms with Crippen LogP contribution in [0.1, 0.15) is 45.1 Å². The van der Waals surface area contributed by atoms with Crippen molar-refractivity contribution in [3.63, 3.8) is 0 Å². The Bertz CT molecular complexity index is 544. The second-order valence-electron chi connectivity index (χ2n) is 7.23. The van der Waals surface area contributed by atoms with Gasteiger partial charge in [-0.3, -0.25) is 4.79 Å². The van der Waals surface area contributed by atoms with Gasteiger partial charge in [-0.2, -0.15) is 0 Å². The van der Waals surface area contributed by atoms with Crippen LogP contribution in [0, 0.1) is 22.2 Å². The van der Waals surface area contributed by atoms with E-state index in [1.165, 1.54) is 12.0 Å². The Morgan fingerprint density at radius 2 is 1.67 bits per heavy atom. The molecule has 3 fully saturated rings. The van der Waals surface area contributed by atoms with Gasteiger partial charge in [-0.1, -0.05) is 51.1 Å². The van der Waals surface area contributed by atoms with Crippen molar-refractivity contribution in [1.29, 1.82) is 0 Å². The molecule has 4 rings (SSSR count). The largest absolute Gasteiger partial charge is 0.299 e. The van der Waals surface area contributed by atoms with Gasteiger partial charge in [0, 0.05) is 17.3 Å². The van der Waals surface area contributed by atoms with E-state index in [0.717, 1.165) is 6.42 Å². The molecule has 4 unspecified atom stereocenters. The van der Waals surface area contributed by atoms with Crippen LogP contribution >= 0.6 is 0 Å². The highest BCUT2D eigenvalue weighted by atomic mass is 16.1. The molecule has 4 atom stereocenters. The number of carbonyl (C=O) groups is 1. The van der Waals surface area contributed by atoms with E-state index in [1.54, 1.807) is 0 Å². The molecule has 0 N–H and O–H groups in total. The Kier molecular flexibility index (Phi) is 1.64. The molecule has 1 aromatic rings. The van der Waals surface area contributed by atoms with Gasteiger partial charge < -0.3 is 0 Å². The van der Waals surface area contributed by atoms with Crippen LogP contribution in [0.15, 0.2) is 30.3 Å². The number of ketones is 1. The highest BCUT2D eigenvalue weighted by molar-refractivity contribution is 5.98. The smallest absolute Gasteiger partial charge is 0.143 e. The fraction of sp³-hybridized carbons (Fsp3) is 0.588. The fourth-order valence-electron chi connectivity index (χ4n) is 5.43. The van der Waals surface area contributed by atoms with Gasteiger partial charge in [0.15, 0.2) is 0 Å². The summed E-state index contributed by atoms with van der Waals surface area (Å²) in [7, 11) is 0. The van der Waals surface area contributed by atoms with E-state index in [1.807, 2.05) is 0 Å². The molecule has 2 bridgehead atoms. The van der Waals surface area contributed by atoms with Gasteiger partial charge in [-0.25, -0.2) is 0 Å². The molecule has 1 nitrogen and oxygen atoms in total. The predicted molar refractivity (Wildman–Crippen MR) is 71.2 cm³/mol. The molecule has 3 saturated carbocycles. The second kappa shape index (κ2) is 2.74. The van der Waals surface area contributed by atoms with E-state index in [4.69, 9.17) is 0 Å². The summed E-state index contributed by atoms with van der Waals surface area (Å²) in [5.74, 6) is 1.36. The molecule has 1 spiro atoms. The standard InChI is InChI=1S/C17H20O/c1-15(2)16(3)9-10-17(15)12(13(17)14(16)18)11-7-5-4-6-8-11/h4-8,12-13H,9-10H2,1-3H3. The maximum absolute atomic E-state index is 12.7. The predicted octanol–water partition coefficient (Wildman–Crippen LogP) is 3.80. The number of carbonyl (C=O) groups excluding carboxylic acids is 1. The number of Topliss-reactive ketones (excluding diaryl/α,β-unsaturated/α-hetero) is 1. The number of rotatable bonds is 1. The minimum Gasteiger partial charge on any atom is -0.299 e. The molecule has 1 aromatic carbocycles. The summed E-state index contributed by atoms with van der Waals surface area (Å²) in [6.07, 6.45) is 2.34. The quantitative estimate of drug-likeness (QED) is 0.729. The zero-order chi connectivity index (χ0) is 12.8. The Labute approximate surface area is 109 Å². The molecule has 0 amide bonds. The van der Waals surface area contributed by atoms with Crippen molar-refractivity contribution in [3.05, 3.63) is 35.9 Å². The molecule has 0 saturated heterocycles. The van der Waals surface area contributed by atoms with Gasteiger partial charge >= 0.3 is 0 Å². The Morgan fingerprint density at radius 3 is 2.22 bits per heavy atom. The molecular formula is C17H20O. The van der Waals surface area contributed by atoms with E-state index in [9.17, 15) is 4.79 Å². The lowest BCUT2D eigenvalue weighted by molar-refractivity contribution is -0.130. The van der Waals surface area contributed by atoms with E-state index in [2.05, 4.69) is 51.1 Å². The van der Waals surface area contributed by atoms with Gasteiger partial charge in [0.25, 0.3) is 0 Å². The van der Waals surface area contributed by atoms with Crippen molar-refractivity contribution in [1.82, 2.24) is 0 Å². The first-order valence-corrected chi connectivity index (χ1v) is 7.06. The van der Waals surface area contributed by atoms with Crippen molar-refractivity contribution in [2.24, 2.45) is 22.2 Å². The molecule has 0 aromatic heterocycles. The summed E-state index contributed by atoms with van der Waals surface area (Å²) in [6, 6.07) is 10.7. The third-order valence-electron chi connectivity index (χ3n) is 6.90. The zero-order valence-electron chi connectivity index (χ0n) is 11.4. The van der Waals surface area contributed by atoms with Crippen LogP contribution in [0.3, 0.4) is 0 Å². The molecule has 94 valence electrons. The van der Waals surface area contributed by atoms with Gasteiger partial charge in [0.05, 0.1) is 0 Å². The first-order chi connectivity index (χ1) is 8.47. The minimum absolute atomic E-state index is 0.0526. The van der Waals surface area contributed by atoms with Crippen molar-refractivity contribution >= 4 is 5.78 Å². The number of hydrogen-bond acceptors (Lipinski definition) is 1. The molecular weight excluding hydrogens is 220 g/mol. The molecule has 0 aliphatic heterocycles. The van der Waals surface area contributed by atoms with Crippen LogP contribution in [0.4, 0.5) is 0 Å². The summed E-state index contributed by atoms with van der Waals surface area (Å²) in [4.78, 5) is 12.7. The summed E-state index contributed by atoms with van der Waals surface area (Å²) < 4.78 is 0. The lowest BCUT2D eigenvalue weighted by Crippen LogP contribution is -2.37. The Morgan fingerprint density at radius 1 is 1.00 bits per heavy atom. The van der Waals surface area contributed by atoms with Crippen LogP contribution in [-0.4, -0.2) is 5.78 Å². The Hall–Kier alpha value is -1.11. The van der Waals surface area contributed by atoms with E-state index >= 15 is 0 Å². The van der Waals surface area contributed by atoms with Crippen molar-refractivity contribution in [2.75, 3.05) is 0 Å². The average molecular weight is 240 g/mol. The highest BCUT2D eigenvalue weighted by Gasteiger charge is 2.87. The summed E-state index contributed by atoms with van der Waals surface area (Å²) in [5, 5.41) is 0. The van der Waals surface area contributed by atoms with E-state index < -0.39 is 0 Å². The molecule has 3 aliphatic rings. The van der Waals surface area contributed by atoms with Gasteiger partial charge in [0.2, 0.25) is 0 Å². The Balaban J connectivity index is 1.85. The van der Waals surface area contributed by atoms with Crippen LogP contribution < -0.4 is 0 Å². The average Bonchev–Trinajstić information content (AvgIpc) is 2.98. The third-order valence-corrected chi connectivity index (χ3v) is 6.90. The summed E-state index contributed by atoms with van der Waals surface area (Å²) in [5.41, 5.74) is 1.78. The normalized spacial score (nSPS) is 47.2. The fourth-order valence-corrected chi connectivity index (χ4v) is 5.43. The molecule has 0 radical (unpaired) electrons. The topological polar surface area (TPSA) is 17.1 Å². The highest BCUT2D eigenvalue weighted by Crippen LogP contribution is 2.89. The molecule has 1 heteroatoms. The first kappa shape index (κ1) is 10.8. The van der Waals surface area contributed by atoms with Gasteiger partial charge in [0.1, 0.15) is 5.78 Å². The number of benzene rings is 1. The van der Waals surface area contributed by atoms with Crippen LogP contribution in [0.5, 0.6) is 0 Å². The summed E-state index contributed by atoms with van der Waals surface area (Å²) >= 11 is 0. The first-order valence-electron chi connectivity index (χ1n) is 7.06. The summed E-state index contributed by atoms with van der Waals surface area (Å²) in [6.45, 7) is 6.87. The lowest BCUT2D eigenvalue weighted by Gasteiger charge is -2.37. The van der Waals surface area contributed by atoms with Crippen molar-refractivity contribution in [3.8, 4) is 0 Å². The van der Waals surface area contributed by atoms with Crippen LogP contribution in [-0.2, 0) is 4.79 Å². The second-order valence-corrected chi connectivity index (χ2v) is 7.23. The lowest BCUT2D eigenvalue weighted by atomic mass is 9.65. The van der Waals surface area contributed by atoms with E-state index in [0.29, 0.717) is 17.6 Å². The maximum Gasteiger partial charge on any atom is 0.143 e. The maximum atomic E-state index is 12.7. The third kappa shape index (κ3) is 0.801. The van der Waals surface area contributed by atoms with Crippen LogP contribution in [0.25, 0.3) is 0 Å². The van der Waals surface area contributed by atoms with Crippen molar-refractivity contribution < 1.29 is 4.79 Å². The molecule has 3 aliphatic carbocycles. The van der Waals surface area contributed by atoms with Gasteiger partial charge in [-0.05, 0) is 29.2 Å². The van der Waals surface area contributed by atoms with Crippen LogP contribution in [0.2, 0.25) is 0 Å². The SMILES string of the molecule is CC12CCC3(C(C1=O)C3c1ccccc1)C2(C)C.